The number of anilines is 1. The zero-order chi connectivity index (χ0) is 16.1. The average molecular weight is 321 g/mol. The number of hydrogen-bond donors (Lipinski definition) is 1. The van der Waals surface area contributed by atoms with E-state index >= 15 is 0 Å². The first-order chi connectivity index (χ1) is 10.4. The molecule has 0 atom stereocenters. The van der Waals surface area contributed by atoms with Gasteiger partial charge in [0.1, 0.15) is 5.82 Å². The summed E-state index contributed by atoms with van der Waals surface area (Å²) in [5.41, 5.74) is 2.76. The van der Waals surface area contributed by atoms with Crippen LogP contribution in [0.2, 0.25) is 5.02 Å². The Morgan fingerprint density at radius 1 is 1.23 bits per heavy atom. The van der Waals surface area contributed by atoms with E-state index in [-0.39, 0.29) is 17.5 Å². The number of benzene rings is 2. The van der Waals surface area contributed by atoms with Gasteiger partial charge in [0.15, 0.2) is 0 Å². The summed E-state index contributed by atoms with van der Waals surface area (Å²) >= 11 is 5.89. The maximum absolute atomic E-state index is 13.0. The van der Waals surface area contributed by atoms with Crippen molar-refractivity contribution in [2.45, 2.75) is 13.5 Å². The van der Waals surface area contributed by atoms with Gasteiger partial charge in [-0.15, -0.1) is 0 Å². The highest BCUT2D eigenvalue weighted by Crippen LogP contribution is 2.22. The monoisotopic (exact) mass is 320 g/mol. The molecule has 0 bridgehead atoms. The Morgan fingerprint density at radius 3 is 2.55 bits per heavy atom. The summed E-state index contributed by atoms with van der Waals surface area (Å²) in [7, 11) is 1.87. The molecule has 0 aliphatic carbocycles. The molecule has 5 heteroatoms. The van der Waals surface area contributed by atoms with Crippen molar-refractivity contribution >= 4 is 23.2 Å². The van der Waals surface area contributed by atoms with Gasteiger partial charge in [0.25, 0.3) is 0 Å². The third-order valence-corrected chi connectivity index (χ3v) is 3.50. The van der Waals surface area contributed by atoms with Gasteiger partial charge in [0.2, 0.25) is 5.91 Å². The molecule has 0 saturated heterocycles. The first-order valence-electron chi connectivity index (χ1n) is 6.93. The van der Waals surface area contributed by atoms with E-state index < -0.39 is 5.82 Å². The summed E-state index contributed by atoms with van der Waals surface area (Å²) in [5, 5.41) is 2.87. The summed E-state index contributed by atoms with van der Waals surface area (Å²) < 4.78 is 13.0. The molecule has 2 rings (SSSR count). The van der Waals surface area contributed by atoms with Gasteiger partial charge in [-0.05, 0) is 37.7 Å². The number of amides is 1. The largest absolute Gasteiger partial charge is 0.324 e. The molecule has 1 N–H and O–H groups in total. The second-order valence-electron chi connectivity index (χ2n) is 5.33. The van der Waals surface area contributed by atoms with Crippen LogP contribution >= 0.6 is 11.6 Å². The van der Waals surface area contributed by atoms with Crippen molar-refractivity contribution in [2.75, 3.05) is 18.9 Å². The molecule has 0 saturated carbocycles. The van der Waals surface area contributed by atoms with E-state index in [1.807, 2.05) is 43.1 Å². The van der Waals surface area contributed by atoms with Crippen LogP contribution in [0.25, 0.3) is 0 Å². The molecule has 2 aromatic rings. The zero-order valence-electron chi connectivity index (χ0n) is 12.6. The normalized spacial score (nSPS) is 10.8. The Balaban J connectivity index is 1.89. The van der Waals surface area contributed by atoms with E-state index in [2.05, 4.69) is 5.32 Å². The number of carbonyl (C=O) groups is 1. The minimum atomic E-state index is -0.431. The van der Waals surface area contributed by atoms with Crippen molar-refractivity contribution in [1.29, 1.82) is 0 Å². The van der Waals surface area contributed by atoms with Gasteiger partial charge in [-0.2, -0.15) is 0 Å². The van der Waals surface area contributed by atoms with Crippen LogP contribution in [-0.4, -0.2) is 24.4 Å². The molecule has 0 radical (unpaired) electrons. The molecule has 0 unspecified atom stereocenters. The summed E-state index contributed by atoms with van der Waals surface area (Å²) in [6.45, 7) is 2.93. The molecular formula is C17H18ClFN2O. The van der Waals surface area contributed by atoms with Crippen LogP contribution in [0, 0.1) is 12.7 Å². The third-order valence-electron chi connectivity index (χ3n) is 3.19. The molecule has 22 heavy (non-hydrogen) atoms. The van der Waals surface area contributed by atoms with Crippen LogP contribution in [-0.2, 0) is 11.3 Å². The lowest BCUT2D eigenvalue weighted by molar-refractivity contribution is -0.117. The van der Waals surface area contributed by atoms with E-state index in [1.54, 1.807) is 0 Å². The first-order valence-corrected chi connectivity index (χ1v) is 7.31. The molecule has 0 aromatic heterocycles. The number of likely N-dealkylation sites (N-methyl/N-ethyl adjacent to an activating group) is 1. The fourth-order valence-corrected chi connectivity index (χ4v) is 2.30. The van der Waals surface area contributed by atoms with Gasteiger partial charge in [-0.1, -0.05) is 41.4 Å². The number of aryl methyl sites for hydroxylation is 1. The maximum Gasteiger partial charge on any atom is 0.238 e. The Labute approximate surface area is 134 Å². The van der Waals surface area contributed by atoms with Gasteiger partial charge in [-0.25, -0.2) is 4.39 Å². The highest BCUT2D eigenvalue weighted by atomic mass is 35.5. The Morgan fingerprint density at radius 2 is 1.91 bits per heavy atom. The van der Waals surface area contributed by atoms with Crippen molar-refractivity contribution in [1.82, 2.24) is 4.90 Å². The first kappa shape index (κ1) is 16.5. The van der Waals surface area contributed by atoms with E-state index in [1.165, 1.54) is 23.8 Å². The molecule has 3 nitrogen and oxygen atoms in total. The third kappa shape index (κ3) is 4.83. The predicted molar refractivity (Wildman–Crippen MR) is 87.6 cm³/mol. The number of halogens is 2. The van der Waals surface area contributed by atoms with Crippen LogP contribution in [0.15, 0.2) is 42.5 Å². The van der Waals surface area contributed by atoms with E-state index in [0.29, 0.717) is 12.2 Å². The minimum absolute atomic E-state index is 0.189. The molecular weight excluding hydrogens is 303 g/mol. The molecule has 2 aromatic carbocycles. The van der Waals surface area contributed by atoms with Crippen molar-refractivity contribution in [2.24, 2.45) is 0 Å². The Kier molecular flexibility index (Phi) is 5.52. The van der Waals surface area contributed by atoms with Gasteiger partial charge >= 0.3 is 0 Å². The van der Waals surface area contributed by atoms with Crippen LogP contribution in [0.1, 0.15) is 11.1 Å². The fraction of sp³-hybridized carbons (Fsp3) is 0.235. The number of carbonyl (C=O) groups excluding carboxylic acids is 1. The Bertz CT molecular complexity index is 658. The van der Waals surface area contributed by atoms with Crippen LogP contribution < -0.4 is 5.32 Å². The predicted octanol–water partition coefficient (Wildman–Crippen LogP) is 3.86. The molecule has 116 valence electrons. The van der Waals surface area contributed by atoms with Crippen molar-refractivity contribution < 1.29 is 9.18 Å². The van der Waals surface area contributed by atoms with Gasteiger partial charge in [0.05, 0.1) is 17.3 Å². The lowest BCUT2D eigenvalue weighted by Gasteiger charge is -2.17. The Hall–Kier alpha value is -1.91. The molecule has 0 aliphatic rings. The van der Waals surface area contributed by atoms with Gasteiger partial charge in [0, 0.05) is 6.54 Å². The topological polar surface area (TPSA) is 32.3 Å². The zero-order valence-corrected chi connectivity index (χ0v) is 13.3. The molecule has 1 amide bonds. The van der Waals surface area contributed by atoms with Gasteiger partial charge in [-0.3, -0.25) is 9.69 Å². The number of nitrogens with zero attached hydrogens (tertiary/aromatic N) is 1. The number of nitrogens with one attached hydrogen (secondary N) is 1. The van der Waals surface area contributed by atoms with Gasteiger partial charge < -0.3 is 5.32 Å². The molecule has 0 fully saturated rings. The lowest BCUT2D eigenvalue weighted by Crippen LogP contribution is -2.29. The highest BCUT2D eigenvalue weighted by molar-refractivity contribution is 6.33. The van der Waals surface area contributed by atoms with E-state index in [9.17, 15) is 9.18 Å². The highest BCUT2D eigenvalue weighted by Gasteiger charge is 2.10. The smallest absolute Gasteiger partial charge is 0.238 e. The van der Waals surface area contributed by atoms with Crippen LogP contribution in [0.4, 0.5) is 10.1 Å². The molecule has 0 spiro atoms. The molecule has 0 aliphatic heterocycles. The summed E-state index contributed by atoms with van der Waals surface area (Å²) in [6.07, 6.45) is 0. The quantitative estimate of drug-likeness (QED) is 0.907. The average Bonchev–Trinajstić information content (AvgIpc) is 2.44. The SMILES string of the molecule is Cc1ccc(CN(C)CC(=O)Nc2ccc(F)cc2Cl)cc1. The molecule has 0 heterocycles. The minimum Gasteiger partial charge on any atom is -0.324 e. The second kappa shape index (κ2) is 7.38. The van der Waals surface area contributed by atoms with Crippen LogP contribution in [0.5, 0.6) is 0 Å². The fourth-order valence-electron chi connectivity index (χ4n) is 2.09. The van der Waals surface area contributed by atoms with Crippen LogP contribution in [0.3, 0.4) is 0 Å². The maximum atomic E-state index is 13.0. The summed E-state index contributed by atoms with van der Waals surface area (Å²) in [6, 6.07) is 12.1. The van der Waals surface area contributed by atoms with E-state index in [4.69, 9.17) is 11.6 Å². The van der Waals surface area contributed by atoms with Crippen molar-refractivity contribution in [3.63, 3.8) is 0 Å². The number of rotatable bonds is 5. The van der Waals surface area contributed by atoms with E-state index in [0.717, 1.165) is 5.56 Å². The van der Waals surface area contributed by atoms with Crippen molar-refractivity contribution in [3.8, 4) is 0 Å². The lowest BCUT2D eigenvalue weighted by atomic mass is 10.1. The summed E-state index contributed by atoms with van der Waals surface area (Å²) in [5.74, 6) is -0.623. The summed E-state index contributed by atoms with van der Waals surface area (Å²) in [4.78, 5) is 13.9. The van der Waals surface area contributed by atoms with Crippen molar-refractivity contribution in [3.05, 3.63) is 64.4 Å². The second-order valence-corrected chi connectivity index (χ2v) is 5.74. The number of hydrogen-bond acceptors (Lipinski definition) is 2. The standard InChI is InChI=1S/C17H18ClFN2O/c1-12-3-5-13(6-4-12)10-21(2)11-17(22)20-16-8-7-14(19)9-15(16)18/h3-9H,10-11H2,1-2H3,(H,20,22).